The van der Waals surface area contributed by atoms with Crippen molar-refractivity contribution in [2.45, 2.75) is 6.42 Å². The lowest BCUT2D eigenvalue weighted by Gasteiger charge is -2.27. The maximum absolute atomic E-state index is 5.99. The summed E-state index contributed by atoms with van der Waals surface area (Å²) in [7, 11) is 0. The Bertz CT molecular complexity index is 870. The monoisotopic (exact) mass is 301 g/mol. The second-order valence-corrected chi connectivity index (χ2v) is 6.12. The van der Waals surface area contributed by atoms with Gasteiger partial charge in [-0.2, -0.15) is 0 Å². The van der Waals surface area contributed by atoms with Crippen LogP contribution in [0.15, 0.2) is 77.9 Å². The fraction of sp³-hybridized carbons (Fsp3) is 0.0500. The van der Waals surface area contributed by atoms with Crippen LogP contribution < -0.4 is 5.73 Å². The third-order valence-corrected chi connectivity index (χ3v) is 4.44. The molecule has 2 heteroatoms. The number of allylic oxidation sites excluding steroid dienone is 5. The fourth-order valence-corrected chi connectivity index (χ4v) is 3.44. The predicted octanol–water partition coefficient (Wildman–Crippen LogP) is 4.49. The molecule has 0 unspecified atom stereocenters. The first-order valence-corrected chi connectivity index (χ1v) is 7.74. The van der Waals surface area contributed by atoms with E-state index in [1.807, 2.05) is 18.2 Å². The molecule has 0 fully saturated rings. The molecular formula is C20H15NS. The van der Waals surface area contributed by atoms with Crippen molar-refractivity contribution in [2.24, 2.45) is 0 Å². The molecule has 1 nitrogen and oxygen atoms in total. The summed E-state index contributed by atoms with van der Waals surface area (Å²) in [4.78, 5) is 0.888. The van der Waals surface area contributed by atoms with Crippen LogP contribution in [0.25, 0.3) is 5.57 Å². The zero-order valence-corrected chi connectivity index (χ0v) is 12.9. The molecule has 0 spiro atoms. The van der Waals surface area contributed by atoms with Crippen molar-refractivity contribution < 1.29 is 0 Å². The Morgan fingerprint density at radius 3 is 2.59 bits per heavy atom. The van der Waals surface area contributed by atoms with Crippen LogP contribution in [0.5, 0.6) is 0 Å². The first kappa shape index (κ1) is 13.2. The first-order valence-electron chi connectivity index (χ1n) is 7.34. The Balaban J connectivity index is 2.03. The Morgan fingerprint density at radius 1 is 0.955 bits per heavy atom. The normalized spacial score (nSPS) is 16.2. The van der Waals surface area contributed by atoms with Gasteiger partial charge in [-0.3, -0.25) is 0 Å². The highest BCUT2D eigenvalue weighted by Crippen LogP contribution is 2.40. The van der Waals surface area contributed by atoms with Crippen LogP contribution in [0.4, 0.5) is 5.69 Å². The standard InChI is InChI=1S/C20H15NS/c21-16-6-8-18-14(11-16)10-15-12-17(22)7-9-19(15)20(18)13-4-2-1-3-5-13/h1-9,11-12H,10,21H2. The minimum absolute atomic E-state index is 0.809. The Hall–Kier alpha value is -2.45. The van der Waals surface area contributed by atoms with Gasteiger partial charge in [0.05, 0.1) is 0 Å². The summed E-state index contributed by atoms with van der Waals surface area (Å²) in [6, 6.07) is 16.7. The molecule has 0 radical (unpaired) electrons. The topological polar surface area (TPSA) is 26.0 Å². The summed E-state index contributed by atoms with van der Waals surface area (Å²) < 4.78 is 0. The van der Waals surface area contributed by atoms with Crippen molar-refractivity contribution in [3.05, 3.63) is 94.6 Å². The first-order chi connectivity index (χ1) is 10.7. The second kappa shape index (κ2) is 5.08. The van der Waals surface area contributed by atoms with E-state index in [9.17, 15) is 0 Å². The Morgan fingerprint density at radius 2 is 1.77 bits per heavy atom. The molecule has 106 valence electrons. The molecule has 0 aliphatic heterocycles. The fourth-order valence-electron chi connectivity index (χ4n) is 3.23. The number of fused-ring (bicyclic) bond motifs is 2. The number of anilines is 1. The van der Waals surface area contributed by atoms with E-state index in [1.54, 1.807) is 0 Å². The zero-order valence-electron chi connectivity index (χ0n) is 12.0. The minimum atomic E-state index is 0.809. The van der Waals surface area contributed by atoms with Crippen molar-refractivity contribution in [3.8, 4) is 0 Å². The van der Waals surface area contributed by atoms with Crippen LogP contribution in [-0.4, -0.2) is 4.86 Å². The van der Waals surface area contributed by atoms with Gasteiger partial charge in [-0.15, -0.1) is 0 Å². The van der Waals surface area contributed by atoms with Gasteiger partial charge in [-0.1, -0.05) is 54.7 Å². The number of nitrogen functional groups attached to an aromatic ring is 1. The number of rotatable bonds is 1. The molecule has 2 aromatic carbocycles. The quantitative estimate of drug-likeness (QED) is 0.620. The van der Waals surface area contributed by atoms with Crippen molar-refractivity contribution >= 4 is 28.3 Å². The lowest BCUT2D eigenvalue weighted by molar-refractivity contribution is 1.13. The molecule has 0 bridgehead atoms. The molecular weight excluding hydrogens is 286 g/mol. The molecule has 4 rings (SSSR count). The smallest absolute Gasteiger partial charge is 0.0380 e. The number of nitrogens with two attached hydrogens (primary N) is 1. The largest absolute Gasteiger partial charge is 0.399 e. The summed E-state index contributed by atoms with van der Waals surface area (Å²) in [5.41, 5.74) is 14.4. The van der Waals surface area contributed by atoms with Gasteiger partial charge in [0.1, 0.15) is 0 Å². The Labute approximate surface area is 135 Å². The van der Waals surface area contributed by atoms with E-state index in [0.717, 1.165) is 17.0 Å². The van der Waals surface area contributed by atoms with E-state index in [1.165, 1.54) is 33.4 Å². The van der Waals surface area contributed by atoms with E-state index in [2.05, 4.69) is 48.6 Å². The van der Waals surface area contributed by atoms with Crippen molar-refractivity contribution in [1.29, 1.82) is 0 Å². The number of hydrogen-bond acceptors (Lipinski definition) is 2. The highest BCUT2D eigenvalue weighted by molar-refractivity contribution is 7.81. The summed E-state index contributed by atoms with van der Waals surface area (Å²) >= 11 is 5.34. The summed E-state index contributed by atoms with van der Waals surface area (Å²) in [5.74, 6) is 0. The average Bonchev–Trinajstić information content (AvgIpc) is 2.53. The third-order valence-electron chi connectivity index (χ3n) is 4.19. The van der Waals surface area contributed by atoms with Gasteiger partial charge in [-0.05, 0) is 64.1 Å². The van der Waals surface area contributed by atoms with Gasteiger partial charge in [0.25, 0.3) is 0 Å². The van der Waals surface area contributed by atoms with Gasteiger partial charge < -0.3 is 5.73 Å². The van der Waals surface area contributed by atoms with Crippen LogP contribution >= 0.6 is 12.2 Å². The third kappa shape index (κ3) is 2.13. The van der Waals surface area contributed by atoms with Crippen LogP contribution in [0.3, 0.4) is 0 Å². The van der Waals surface area contributed by atoms with Crippen LogP contribution in [-0.2, 0) is 6.42 Å². The van der Waals surface area contributed by atoms with E-state index < -0.39 is 0 Å². The summed E-state index contributed by atoms with van der Waals surface area (Å²) in [6.07, 6.45) is 7.16. The number of hydrogen-bond donors (Lipinski definition) is 1. The summed E-state index contributed by atoms with van der Waals surface area (Å²) in [6.45, 7) is 0. The highest BCUT2D eigenvalue weighted by Gasteiger charge is 2.24. The van der Waals surface area contributed by atoms with Crippen molar-refractivity contribution in [2.75, 3.05) is 5.73 Å². The van der Waals surface area contributed by atoms with Crippen molar-refractivity contribution in [1.82, 2.24) is 0 Å². The van der Waals surface area contributed by atoms with E-state index >= 15 is 0 Å². The maximum Gasteiger partial charge on any atom is 0.0380 e. The molecule has 2 aromatic rings. The zero-order chi connectivity index (χ0) is 15.1. The molecule has 2 N–H and O–H groups in total. The molecule has 0 amide bonds. The molecule has 2 aliphatic carbocycles. The summed E-state index contributed by atoms with van der Waals surface area (Å²) in [5, 5.41) is 0. The lowest BCUT2D eigenvalue weighted by atomic mass is 9.77. The molecule has 0 saturated heterocycles. The highest BCUT2D eigenvalue weighted by atomic mass is 32.1. The van der Waals surface area contributed by atoms with Crippen LogP contribution in [0.1, 0.15) is 16.7 Å². The average molecular weight is 301 g/mol. The van der Waals surface area contributed by atoms with Crippen LogP contribution in [0.2, 0.25) is 0 Å². The van der Waals surface area contributed by atoms with Gasteiger partial charge in [0.2, 0.25) is 0 Å². The van der Waals surface area contributed by atoms with Gasteiger partial charge in [0, 0.05) is 10.6 Å². The van der Waals surface area contributed by atoms with E-state index in [4.69, 9.17) is 18.0 Å². The number of benzene rings is 2. The predicted molar refractivity (Wildman–Crippen MR) is 96.8 cm³/mol. The molecule has 0 saturated carbocycles. The van der Waals surface area contributed by atoms with E-state index in [-0.39, 0.29) is 0 Å². The van der Waals surface area contributed by atoms with Gasteiger partial charge in [-0.25, -0.2) is 0 Å². The van der Waals surface area contributed by atoms with E-state index in [0.29, 0.717) is 0 Å². The molecule has 0 atom stereocenters. The van der Waals surface area contributed by atoms with Gasteiger partial charge in [0.15, 0.2) is 0 Å². The molecule has 22 heavy (non-hydrogen) atoms. The lowest BCUT2D eigenvalue weighted by Crippen LogP contribution is -2.12. The number of thiocarbonyl (C=S) groups is 1. The second-order valence-electron chi connectivity index (χ2n) is 5.65. The Kier molecular flexibility index (Phi) is 3.05. The maximum atomic E-state index is 5.99. The van der Waals surface area contributed by atoms with Crippen LogP contribution in [0, 0.1) is 0 Å². The molecule has 0 aromatic heterocycles. The van der Waals surface area contributed by atoms with Crippen molar-refractivity contribution in [3.63, 3.8) is 0 Å². The molecule has 2 aliphatic rings. The molecule has 0 heterocycles. The SMILES string of the molecule is Nc1ccc2c(c1)CC1=CC(=S)C=CC1=C2c1ccccc1. The minimum Gasteiger partial charge on any atom is -0.399 e. The van der Waals surface area contributed by atoms with Gasteiger partial charge >= 0.3 is 0 Å².